The van der Waals surface area contributed by atoms with Crippen molar-refractivity contribution in [1.82, 2.24) is 5.32 Å². The second-order valence-corrected chi connectivity index (χ2v) is 7.90. The monoisotopic (exact) mass is 472 g/mol. The summed E-state index contributed by atoms with van der Waals surface area (Å²) in [6.07, 6.45) is 5.42. The minimum Gasteiger partial charge on any atom is -1.00 e. The van der Waals surface area contributed by atoms with E-state index in [4.69, 9.17) is 9.84 Å². The molecule has 1 aromatic carbocycles. The van der Waals surface area contributed by atoms with Crippen LogP contribution in [0.5, 0.6) is 0 Å². The number of nitrogens with zero attached hydrogens (tertiary/aromatic N) is 1. The molecule has 0 unspecified atom stereocenters. The normalized spacial score (nSPS) is 10.9. The van der Waals surface area contributed by atoms with Crippen LogP contribution in [-0.4, -0.2) is 61.8 Å². The number of aliphatic hydroxyl groups excluding tert-OH is 1. The van der Waals surface area contributed by atoms with E-state index in [1.165, 1.54) is 0 Å². The van der Waals surface area contributed by atoms with Crippen LogP contribution in [0.15, 0.2) is 30.3 Å². The number of benzene rings is 1. The van der Waals surface area contributed by atoms with Gasteiger partial charge in [0, 0.05) is 19.4 Å². The number of carbonyl (C=O) groups excluding carboxylic acids is 2. The van der Waals surface area contributed by atoms with Crippen LogP contribution in [0.1, 0.15) is 50.5 Å². The zero-order valence-electron chi connectivity index (χ0n) is 17.9. The molecule has 0 aliphatic heterocycles. The van der Waals surface area contributed by atoms with E-state index < -0.39 is 6.09 Å². The van der Waals surface area contributed by atoms with Gasteiger partial charge in [0.05, 0.1) is 27.2 Å². The number of amides is 1. The summed E-state index contributed by atoms with van der Waals surface area (Å²) in [6.45, 7) is 2.78. The molecule has 166 valence electrons. The van der Waals surface area contributed by atoms with E-state index in [-0.39, 0.29) is 30.2 Å². The van der Waals surface area contributed by atoms with Gasteiger partial charge >= 0.3 is 6.09 Å². The first-order valence-electron chi connectivity index (χ1n) is 10.3. The Kier molecular flexibility index (Phi) is 15.6. The van der Waals surface area contributed by atoms with Gasteiger partial charge in [-0.3, -0.25) is 4.79 Å². The van der Waals surface area contributed by atoms with Gasteiger partial charge in [0.1, 0.15) is 18.9 Å². The molecule has 0 aliphatic rings. The maximum absolute atomic E-state index is 11.9. The summed E-state index contributed by atoms with van der Waals surface area (Å²) in [4.78, 5) is 23.5. The van der Waals surface area contributed by atoms with Crippen molar-refractivity contribution in [3.8, 4) is 0 Å². The summed E-state index contributed by atoms with van der Waals surface area (Å²) >= 11 is 0. The Hall–Kier alpha value is -1.44. The Morgan fingerprint density at radius 3 is 2.28 bits per heavy atom. The van der Waals surface area contributed by atoms with E-state index in [1.54, 1.807) is 0 Å². The quantitative estimate of drug-likeness (QED) is 0.284. The van der Waals surface area contributed by atoms with Crippen molar-refractivity contribution < 1.29 is 40.9 Å². The van der Waals surface area contributed by atoms with Crippen molar-refractivity contribution in [1.29, 1.82) is 0 Å². The lowest BCUT2D eigenvalue weighted by molar-refractivity contribution is -0.890. The number of carbonyl (C=O) groups is 2. The molecule has 0 saturated carbocycles. The van der Waals surface area contributed by atoms with Crippen molar-refractivity contribution in [2.45, 2.75) is 51.6 Å². The van der Waals surface area contributed by atoms with Gasteiger partial charge < -0.3 is 36.6 Å². The third kappa shape index (κ3) is 15.1. The summed E-state index contributed by atoms with van der Waals surface area (Å²) in [5.41, 5.74) is 0.965. The Labute approximate surface area is 186 Å². The van der Waals surface area contributed by atoms with Crippen molar-refractivity contribution in [3.63, 3.8) is 0 Å². The molecule has 1 rings (SSSR count). The van der Waals surface area contributed by atoms with Crippen LogP contribution in [0.25, 0.3) is 0 Å². The van der Waals surface area contributed by atoms with Crippen LogP contribution in [0.4, 0.5) is 4.79 Å². The Morgan fingerprint density at radius 1 is 0.966 bits per heavy atom. The average molecular weight is 473 g/mol. The number of rotatable bonds is 15. The number of Topliss-reactive ketones (excluding diaryl/α,β-unsaturated/α-hetero) is 1. The number of ketones is 1. The summed E-state index contributed by atoms with van der Waals surface area (Å²) in [5, 5.41) is 11.8. The molecule has 1 aromatic rings. The van der Waals surface area contributed by atoms with E-state index in [1.807, 2.05) is 30.3 Å². The van der Waals surface area contributed by atoms with Gasteiger partial charge in [-0.2, -0.15) is 0 Å². The molecule has 0 aliphatic carbocycles. The fraction of sp³-hybridized carbons (Fsp3) is 0.636. The van der Waals surface area contributed by atoms with Crippen LogP contribution < -0.4 is 22.3 Å². The molecule has 0 bridgehead atoms. The van der Waals surface area contributed by atoms with Gasteiger partial charge in [0.15, 0.2) is 0 Å². The first-order chi connectivity index (χ1) is 13.4. The highest BCUT2D eigenvalue weighted by Gasteiger charge is 2.13. The number of likely N-dealkylation sites (N-methyl/N-ethyl adjacent to an activating group) is 1. The molecule has 0 atom stereocenters. The smallest absolute Gasteiger partial charge is 0.407 e. The number of quaternary nitrogens is 1. The standard InChI is InChI=1S/C22H36N2O4.BrH/c1-24(2,17-18-25)16-10-8-14-21(26)13-7-4-9-15-23-22(27)28-19-20-11-5-3-6-12-20;/h3,5-6,11-12,25H,4,7-10,13-19H2,1-2H3;1H. The zero-order valence-corrected chi connectivity index (χ0v) is 19.5. The van der Waals surface area contributed by atoms with Crippen LogP contribution in [0.3, 0.4) is 0 Å². The molecular weight excluding hydrogens is 436 g/mol. The fourth-order valence-electron chi connectivity index (χ4n) is 2.96. The highest BCUT2D eigenvalue weighted by Crippen LogP contribution is 2.08. The topological polar surface area (TPSA) is 75.6 Å². The van der Waals surface area contributed by atoms with E-state index in [0.717, 1.165) is 55.2 Å². The first-order valence-corrected chi connectivity index (χ1v) is 10.3. The number of alkyl carbamates (subject to hydrolysis) is 1. The molecule has 0 heterocycles. The van der Waals surface area contributed by atoms with Crippen molar-refractivity contribution in [2.24, 2.45) is 0 Å². The summed E-state index contributed by atoms with van der Waals surface area (Å²) in [5.74, 6) is 0.322. The SMILES string of the molecule is C[N+](C)(CCO)CCCCC(=O)CCCCCNC(=O)OCc1ccccc1.[Br-]. The van der Waals surface area contributed by atoms with E-state index in [9.17, 15) is 9.59 Å². The maximum Gasteiger partial charge on any atom is 0.407 e. The molecule has 7 heteroatoms. The van der Waals surface area contributed by atoms with Crippen molar-refractivity contribution >= 4 is 11.9 Å². The Bertz CT molecular complexity index is 567. The van der Waals surface area contributed by atoms with Gasteiger partial charge in [0.25, 0.3) is 0 Å². The molecule has 29 heavy (non-hydrogen) atoms. The first kappa shape index (κ1) is 27.6. The van der Waals surface area contributed by atoms with E-state index in [0.29, 0.717) is 25.2 Å². The molecule has 0 radical (unpaired) electrons. The molecule has 1 amide bonds. The minimum absolute atomic E-state index is 0. The van der Waals surface area contributed by atoms with Gasteiger partial charge in [0.2, 0.25) is 0 Å². The summed E-state index contributed by atoms with van der Waals surface area (Å²) in [7, 11) is 4.20. The number of hydrogen-bond donors (Lipinski definition) is 2. The van der Waals surface area contributed by atoms with Crippen molar-refractivity contribution in [2.75, 3.05) is 40.3 Å². The lowest BCUT2D eigenvalue weighted by atomic mass is 10.1. The lowest BCUT2D eigenvalue weighted by Gasteiger charge is -2.28. The minimum atomic E-state index is -0.401. The average Bonchev–Trinajstić information content (AvgIpc) is 2.67. The predicted molar refractivity (Wildman–Crippen MR) is 111 cm³/mol. The molecule has 2 N–H and O–H groups in total. The molecule has 0 aromatic heterocycles. The molecular formula is C22H37BrN2O4. The predicted octanol–water partition coefficient (Wildman–Crippen LogP) is 0.285. The second kappa shape index (κ2) is 16.4. The van der Waals surface area contributed by atoms with E-state index >= 15 is 0 Å². The van der Waals surface area contributed by atoms with Gasteiger partial charge in [-0.25, -0.2) is 4.79 Å². The Morgan fingerprint density at radius 2 is 1.62 bits per heavy atom. The zero-order chi connectivity index (χ0) is 20.7. The van der Waals surface area contributed by atoms with Crippen LogP contribution >= 0.6 is 0 Å². The van der Waals surface area contributed by atoms with Crippen LogP contribution in [0.2, 0.25) is 0 Å². The molecule has 0 fully saturated rings. The molecule has 6 nitrogen and oxygen atoms in total. The third-order valence-corrected chi connectivity index (χ3v) is 4.79. The van der Waals surface area contributed by atoms with Crippen LogP contribution in [0, 0.1) is 0 Å². The third-order valence-electron chi connectivity index (χ3n) is 4.79. The number of ether oxygens (including phenoxy) is 1. The van der Waals surface area contributed by atoms with Gasteiger partial charge in [-0.1, -0.05) is 36.8 Å². The molecule has 0 saturated heterocycles. The maximum atomic E-state index is 11.9. The highest BCUT2D eigenvalue weighted by atomic mass is 79.9. The van der Waals surface area contributed by atoms with Crippen molar-refractivity contribution in [3.05, 3.63) is 35.9 Å². The molecule has 0 spiro atoms. The largest absolute Gasteiger partial charge is 1.00 e. The second-order valence-electron chi connectivity index (χ2n) is 7.90. The summed E-state index contributed by atoms with van der Waals surface area (Å²) in [6, 6.07) is 9.58. The number of halogens is 1. The fourth-order valence-corrected chi connectivity index (χ4v) is 2.96. The number of hydrogen-bond acceptors (Lipinski definition) is 4. The number of aliphatic hydroxyl groups is 1. The number of unbranched alkanes of at least 4 members (excludes halogenated alkanes) is 3. The van der Waals surface area contributed by atoms with Crippen LogP contribution in [-0.2, 0) is 16.1 Å². The van der Waals surface area contributed by atoms with Gasteiger partial charge in [-0.05, 0) is 31.2 Å². The van der Waals surface area contributed by atoms with Gasteiger partial charge in [-0.15, -0.1) is 0 Å². The highest BCUT2D eigenvalue weighted by molar-refractivity contribution is 5.78. The summed E-state index contributed by atoms with van der Waals surface area (Å²) < 4.78 is 5.94. The number of nitrogens with one attached hydrogen (secondary N) is 1. The van der Waals surface area contributed by atoms with E-state index in [2.05, 4.69) is 19.4 Å². The lowest BCUT2D eigenvalue weighted by Crippen LogP contribution is -3.00. The Balaban J connectivity index is 0.00000784.